The Morgan fingerprint density at radius 2 is 2.00 bits per heavy atom. The van der Waals surface area contributed by atoms with Crippen LogP contribution in [0.1, 0.15) is 12.8 Å². The Bertz CT molecular complexity index is 642. The molecular formula is C12H16FN3O4S. The standard InChI is InChI=1S/C12H16FN3O4S/c13-10-1-2-11(12(7-10)16(17)18)15-5-3-9(4-6-15)8-21(14,19)20/h1-2,7,9H,3-6,8H2,(H2,14,19,20). The molecule has 0 radical (unpaired) electrons. The molecule has 0 amide bonds. The number of halogens is 1. The molecular weight excluding hydrogens is 301 g/mol. The van der Waals surface area contributed by atoms with Gasteiger partial charge in [0, 0.05) is 13.1 Å². The third kappa shape index (κ3) is 4.11. The number of benzene rings is 1. The second-order valence-corrected chi connectivity index (χ2v) is 6.81. The van der Waals surface area contributed by atoms with Crippen LogP contribution in [0, 0.1) is 21.8 Å². The molecule has 7 nitrogen and oxygen atoms in total. The Kier molecular flexibility index (Phi) is 4.43. The van der Waals surface area contributed by atoms with Crippen molar-refractivity contribution in [2.45, 2.75) is 12.8 Å². The Balaban J connectivity index is 2.11. The van der Waals surface area contributed by atoms with E-state index in [-0.39, 0.29) is 17.4 Å². The average Bonchev–Trinajstić information content (AvgIpc) is 2.38. The topological polar surface area (TPSA) is 107 Å². The van der Waals surface area contributed by atoms with Crippen LogP contribution in [0.15, 0.2) is 18.2 Å². The lowest BCUT2D eigenvalue weighted by atomic mass is 9.98. The van der Waals surface area contributed by atoms with E-state index in [2.05, 4.69) is 0 Å². The molecule has 2 rings (SSSR count). The quantitative estimate of drug-likeness (QED) is 0.664. The molecule has 0 atom stereocenters. The molecule has 0 unspecified atom stereocenters. The highest BCUT2D eigenvalue weighted by atomic mass is 32.2. The summed E-state index contributed by atoms with van der Waals surface area (Å²) in [6, 6.07) is 3.46. The van der Waals surface area contributed by atoms with Crippen LogP contribution in [-0.4, -0.2) is 32.2 Å². The van der Waals surface area contributed by atoms with Crippen molar-refractivity contribution in [3.05, 3.63) is 34.1 Å². The first-order valence-electron chi connectivity index (χ1n) is 6.45. The molecule has 1 aromatic rings. The van der Waals surface area contributed by atoms with Crippen molar-refractivity contribution in [3.63, 3.8) is 0 Å². The fourth-order valence-corrected chi connectivity index (χ4v) is 3.57. The predicted octanol–water partition coefficient (Wildman–Crippen LogP) is 1.24. The van der Waals surface area contributed by atoms with Gasteiger partial charge in [0.1, 0.15) is 11.5 Å². The van der Waals surface area contributed by atoms with Crippen LogP contribution in [0.25, 0.3) is 0 Å². The lowest BCUT2D eigenvalue weighted by Gasteiger charge is -2.32. The molecule has 1 aliphatic heterocycles. The Morgan fingerprint density at radius 3 is 2.52 bits per heavy atom. The van der Waals surface area contributed by atoms with Crippen molar-refractivity contribution in [1.29, 1.82) is 0 Å². The molecule has 116 valence electrons. The van der Waals surface area contributed by atoms with Gasteiger partial charge >= 0.3 is 0 Å². The number of nitrogens with two attached hydrogens (primary N) is 1. The van der Waals surface area contributed by atoms with Crippen LogP contribution in [0.3, 0.4) is 0 Å². The number of nitro groups is 1. The fourth-order valence-electron chi connectivity index (χ4n) is 2.58. The van der Waals surface area contributed by atoms with E-state index in [1.165, 1.54) is 12.1 Å². The molecule has 1 aliphatic rings. The van der Waals surface area contributed by atoms with E-state index in [4.69, 9.17) is 5.14 Å². The number of anilines is 1. The maximum atomic E-state index is 13.1. The van der Waals surface area contributed by atoms with E-state index in [1.807, 2.05) is 0 Å². The minimum absolute atomic E-state index is 0.0456. The van der Waals surface area contributed by atoms with E-state index in [0.717, 1.165) is 6.07 Å². The van der Waals surface area contributed by atoms with Crippen molar-refractivity contribution < 1.29 is 17.7 Å². The number of hydrogen-bond acceptors (Lipinski definition) is 5. The molecule has 21 heavy (non-hydrogen) atoms. The summed E-state index contributed by atoms with van der Waals surface area (Å²) in [5.74, 6) is -0.780. The second kappa shape index (κ2) is 5.94. The van der Waals surface area contributed by atoms with Gasteiger partial charge in [-0.1, -0.05) is 0 Å². The van der Waals surface area contributed by atoms with E-state index < -0.39 is 20.8 Å². The molecule has 0 aliphatic carbocycles. The highest BCUT2D eigenvalue weighted by Gasteiger charge is 2.26. The third-order valence-electron chi connectivity index (χ3n) is 3.56. The summed E-state index contributed by atoms with van der Waals surface area (Å²) < 4.78 is 35.2. The maximum absolute atomic E-state index is 13.1. The van der Waals surface area contributed by atoms with E-state index in [9.17, 15) is 22.9 Å². The summed E-state index contributed by atoms with van der Waals surface area (Å²) in [4.78, 5) is 12.1. The summed E-state index contributed by atoms with van der Waals surface area (Å²) >= 11 is 0. The summed E-state index contributed by atoms with van der Waals surface area (Å²) in [6.07, 6.45) is 1.15. The molecule has 1 aromatic carbocycles. The highest BCUT2D eigenvalue weighted by molar-refractivity contribution is 7.89. The third-order valence-corrected chi connectivity index (χ3v) is 4.49. The molecule has 0 aromatic heterocycles. The summed E-state index contributed by atoms with van der Waals surface area (Å²) in [7, 11) is -3.51. The van der Waals surface area contributed by atoms with Gasteiger partial charge in [0.2, 0.25) is 10.0 Å². The molecule has 1 saturated heterocycles. The molecule has 9 heteroatoms. The van der Waals surface area contributed by atoms with Gasteiger partial charge < -0.3 is 4.90 Å². The van der Waals surface area contributed by atoms with E-state index in [0.29, 0.717) is 31.6 Å². The van der Waals surface area contributed by atoms with Crippen LogP contribution in [-0.2, 0) is 10.0 Å². The van der Waals surface area contributed by atoms with Gasteiger partial charge in [0.25, 0.3) is 5.69 Å². The van der Waals surface area contributed by atoms with Gasteiger partial charge in [-0.3, -0.25) is 10.1 Å². The Labute approximate surface area is 121 Å². The number of rotatable bonds is 4. The normalized spacial score (nSPS) is 17.0. The predicted molar refractivity (Wildman–Crippen MR) is 76.0 cm³/mol. The van der Waals surface area contributed by atoms with Crippen molar-refractivity contribution in [2.75, 3.05) is 23.7 Å². The number of nitro benzene ring substituents is 1. The zero-order chi connectivity index (χ0) is 15.6. The SMILES string of the molecule is NS(=O)(=O)CC1CCN(c2ccc(F)cc2[N+](=O)[O-])CC1. The number of piperidine rings is 1. The largest absolute Gasteiger partial charge is 0.366 e. The number of hydrogen-bond donors (Lipinski definition) is 1. The molecule has 1 fully saturated rings. The smallest absolute Gasteiger partial charge is 0.295 e. The van der Waals surface area contributed by atoms with Gasteiger partial charge in [-0.25, -0.2) is 17.9 Å². The molecule has 0 saturated carbocycles. The minimum atomic E-state index is -3.51. The van der Waals surface area contributed by atoms with Gasteiger partial charge in [-0.05, 0) is 30.9 Å². The van der Waals surface area contributed by atoms with Crippen molar-refractivity contribution >= 4 is 21.4 Å². The Hall–Kier alpha value is -1.74. The lowest BCUT2D eigenvalue weighted by molar-refractivity contribution is -0.384. The monoisotopic (exact) mass is 317 g/mol. The number of nitrogens with zero attached hydrogens (tertiary/aromatic N) is 2. The van der Waals surface area contributed by atoms with Crippen molar-refractivity contribution in [2.24, 2.45) is 11.1 Å². The van der Waals surface area contributed by atoms with Gasteiger partial charge in [0.15, 0.2) is 0 Å². The molecule has 0 bridgehead atoms. The summed E-state index contributed by atoms with van der Waals surface area (Å²) in [5.41, 5.74) is 0.0790. The molecule has 1 heterocycles. The zero-order valence-corrected chi connectivity index (χ0v) is 12.1. The second-order valence-electron chi connectivity index (χ2n) is 5.15. The Morgan fingerprint density at radius 1 is 1.38 bits per heavy atom. The van der Waals surface area contributed by atoms with E-state index in [1.54, 1.807) is 4.90 Å². The summed E-state index contributed by atoms with van der Waals surface area (Å²) in [6.45, 7) is 0.958. The zero-order valence-electron chi connectivity index (χ0n) is 11.2. The van der Waals surface area contributed by atoms with Crippen LogP contribution in [0.2, 0.25) is 0 Å². The van der Waals surface area contributed by atoms with Crippen molar-refractivity contribution in [1.82, 2.24) is 0 Å². The first kappa shape index (κ1) is 15.6. The van der Waals surface area contributed by atoms with Crippen LogP contribution >= 0.6 is 0 Å². The van der Waals surface area contributed by atoms with Gasteiger partial charge in [-0.2, -0.15) is 0 Å². The van der Waals surface area contributed by atoms with Crippen LogP contribution in [0.5, 0.6) is 0 Å². The number of primary sulfonamides is 1. The van der Waals surface area contributed by atoms with Gasteiger partial charge in [0.05, 0.1) is 16.7 Å². The molecule has 0 spiro atoms. The lowest BCUT2D eigenvalue weighted by Crippen LogP contribution is -2.37. The highest BCUT2D eigenvalue weighted by Crippen LogP contribution is 2.32. The maximum Gasteiger partial charge on any atom is 0.295 e. The van der Waals surface area contributed by atoms with E-state index >= 15 is 0 Å². The van der Waals surface area contributed by atoms with Gasteiger partial charge in [-0.15, -0.1) is 0 Å². The first-order chi connectivity index (χ1) is 9.76. The number of sulfonamides is 1. The van der Waals surface area contributed by atoms with Crippen molar-refractivity contribution in [3.8, 4) is 0 Å². The average molecular weight is 317 g/mol. The van der Waals surface area contributed by atoms with Crippen LogP contribution in [0.4, 0.5) is 15.8 Å². The first-order valence-corrected chi connectivity index (χ1v) is 8.17. The summed E-state index contributed by atoms with van der Waals surface area (Å²) in [5, 5.41) is 16.0. The van der Waals surface area contributed by atoms with Crippen LogP contribution < -0.4 is 10.0 Å². The fraction of sp³-hybridized carbons (Fsp3) is 0.500. The minimum Gasteiger partial charge on any atom is -0.366 e. The molecule has 2 N–H and O–H groups in total.